The Kier molecular flexibility index (Phi) is 9.05. The molecule has 1 saturated carbocycles. The summed E-state index contributed by atoms with van der Waals surface area (Å²) in [5.41, 5.74) is 1.65. The predicted octanol–water partition coefficient (Wildman–Crippen LogP) is 4.60. The lowest BCUT2D eigenvalue weighted by Gasteiger charge is -2.25. The maximum atomic E-state index is 12.5. The van der Waals surface area contributed by atoms with E-state index in [2.05, 4.69) is 43.2 Å². The lowest BCUT2D eigenvalue weighted by molar-refractivity contribution is -0.115. The number of methoxy groups -OCH3 is 2. The van der Waals surface area contributed by atoms with Crippen LogP contribution < -0.4 is 20.1 Å². The van der Waals surface area contributed by atoms with E-state index in [4.69, 9.17) is 9.47 Å². The standard InChI is InChI=1S/C28H30N6O4S2/c1-37-21-10-3-6-17(12-21)14-23(35)29-27-33-31-25(39-27)19-8-5-9-20(16-19)26-32-34-28(40-26)30-24(36)15-18-7-4-11-22(13-18)38-2/h3,6,10-13,19-20,23,35H,5,8-9,14-16H2,1-2H3,(H,29,33)(H,30,34,36)/t19-,20-,23?/m0/s1. The molecule has 2 aromatic carbocycles. The van der Waals surface area contributed by atoms with Crippen LogP contribution in [0.5, 0.6) is 11.5 Å². The normalized spacial score (nSPS) is 17.5. The number of ether oxygens (including phenoxy) is 2. The molecule has 3 N–H and O–H groups in total. The lowest BCUT2D eigenvalue weighted by atomic mass is 9.82. The van der Waals surface area contributed by atoms with Gasteiger partial charge in [-0.15, -0.1) is 20.4 Å². The molecule has 5 rings (SSSR count). The fraction of sp³-hybridized carbons (Fsp3) is 0.393. The van der Waals surface area contributed by atoms with Gasteiger partial charge in [-0.05, 0) is 43.0 Å². The highest BCUT2D eigenvalue weighted by Gasteiger charge is 2.29. The summed E-state index contributed by atoms with van der Waals surface area (Å²) in [4.78, 5) is 12.5. The van der Waals surface area contributed by atoms with Crippen LogP contribution in [-0.2, 0) is 17.6 Å². The number of nitrogens with one attached hydrogen (secondary N) is 2. The highest BCUT2D eigenvalue weighted by atomic mass is 32.1. The minimum atomic E-state index is -0.790. The molecule has 0 bridgehead atoms. The number of aromatic nitrogens is 4. The third-order valence-corrected chi connectivity index (χ3v) is 8.72. The largest absolute Gasteiger partial charge is 0.497 e. The Morgan fingerprint density at radius 2 is 1.77 bits per heavy atom. The first-order chi connectivity index (χ1) is 19.5. The topological polar surface area (TPSA) is 131 Å². The third-order valence-electron chi connectivity index (χ3n) is 6.70. The van der Waals surface area contributed by atoms with E-state index in [1.54, 1.807) is 26.4 Å². The molecule has 2 heterocycles. The number of aliphatic hydroxyl groups is 1. The van der Waals surface area contributed by atoms with Crippen LogP contribution in [-0.4, -0.2) is 51.9 Å². The average Bonchev–Trinajstić information content (AvgIpc) is 3.63. The van der Waals surface area contributed by atoms with Gasteiger partial charge < -0.3 is 25.2 Å². The maximum absolute atomic E-state index is 12.5. The molecule has 1 unspecified atom stereocenters. The number of hydrogen-bond donors (Lipinski definition) is 3. The van der Waals surface area contributed by atoms with Crippen molar-refractivity contribution in [2.45, 2.75) is 56.6 Å². The van der Waals surface area contributed by atoms with Gasteiger partial charge in [-0.1, -0.05) is 53.4 Å². The summed E-state index contributed by atoms with van der Waals surface area (Å²) in [7, 11) is 3.19. The number of benzene rings is 1. The molecule has 4 aromatic rings. The Morgan fingerprint density at radius 1 is 1.05 bits per heavy atom. The van der Waals surface area contributed by atoms with Crippen molar-refractivity contribution in [3.8, 4) is 11.5 Å². The Balaban J connectivity index is 1.14. The van der Waals surface area contributed by atoms with E-state index in [0.717, 1.165) is 47.0 Å². The van der Waals surface area contributed by atoms with Crippen LogP contribution >= 0.6 is 22.7 Å². The minimum Gasteiger partial charge on any atom is -0.497 e. The molecule has 10 nitrogen and oxygen atoms in total. The molecule has 0 saturated heterocycles. The van der Waals surface area contributed by atoms with Crippen LogP contribution in [0, 0.1) is 12.1 Å². The molecule has 1 amide bonds. The molecular weight excluding hydrogens is 548 g/mol. The van der Waals surface area contributed by atoms with Crippen molar-refractivity contribution in [3.05, 3.63) is 69.7 Å². The van der Waals surface area contributed by atoms with Crippen LogP contribution in [0.1, 0.15) is 58.7 Å². The van der Waals surface area contributed by atoms with Crippen molar-refractivity contribution in [3.63, 3.8) is 0 Å². The molecule has 3 atom stereocenters. The van der Waals surface area contributed by atoms with E-state index in [9.17, 15) is 9.90 Å². The van der Waals surface area contributed by atoms with Crippen molar-refractivity contribution >= 4 is 38.8 Å². The second-order valence-corrected chi connectivity index (χ2v) is 11.6. The lowest BCUT2D eigenvalue weighted by Crippen LogP contribution is -2.21. The number of rotatable bonds is 11. The Labute approximate surface area is 240 Å². The molecule has 0 radical (unpaired) electrons. The number of anilines is 2. The van der Waals surface area contributed by atoms with E-state index in [1.807, 2.05) is 24.3 Å². The van der Waals surface area contributed by atoms with Crippen LogP contribution in [0.2, 0.25) is 0 Å². The van der Waals surface area contributed by atoms with Gasteiger partial charge in [-0.3, -0.25) is 4.79 Å². The van der Waals surface area contributed by atoms with Crippen LogP contribution in [0.25, 0.3) is 0 Å². The SMILES string of the molecule is COc1cc#cc(CC(=O)Nc2nnc([C@H]3CCC[C@H](c4nnc(NC(O)Cc5cccc(OC)c5)s4)C3)s2)c1. The van der Waals surface area contributed by atoms with Gasteiger partial charge in [-0.2, -0.15) is 0 Å². The smallest absolute Gasteiger partial charge is 0.231 e. The first kappa shape index (κ1) is 27.8. The second-order valence-electron chi connectivity index (χ2n) is 9.58. The van der Waals surface area contributed by atoms with Crippen molar-refractivity contribution in [2.24, 2.45) is 0 Å². The van der Waals surface area contributed by atoms with Gasteiger partial charge in [0, 0.05) is 29.9 Å². The summed E-state index contributed by atoms with van der Waals surface area (Å²) in [6.07, 6.45) is 3.74. The summed E-state index contributed by atoms with van der Waals surface area (Å²) in [5, 5.41) is 36.7. The highest BCUT2D eigenvalue weighted by Crippen LogP contribution is 2.43. The monoisotopic (exact) mass is 578 g/mol. The quantitative estimate of drug-likeness (QED) is 0.219. The summed E-state index contributed by atoms with van der Waals surface area (Å²) in [6.45, 7) is 0. The molecule has 12 heteroatoms. The summed E-state index contributed by atoms with van der Waals surface area (Å²) in [5.74, 6) is 1.69. The fourth-order valence-corrected chi connectivity index (χ4v) is 6.61. The van der Waals surface area contributed by atoms with E-state index in [0.29, 0.717) is 28.0 Å². The second kappa shape index (κ2) is 13.0. The molecule has 0 aliphatic heterocycles. The number of carbonyl (C=O) groups excluding carboxylic acids is 1. The van der Waals surface area contributed by atoms with Gasteiger partial charge >= 0.3 is 0 Å². The average molecular weight is 579 g/mol. The fourth-order valence-electron chi connectivity index (χ4n) is 4.76. The molecule has 2 aromatic heterocycles. The number of aliphatic hydroxyl groups excluding tert-OH is 1. The van der Waals surface area contributed by atoms with E-state index in [-0.39, 0.29) is 24.2 Å². The van der Waals surface area contributed by atoms with Gasteiger partial charge in [0.1, 0.15) is 27.7 Å². The van der Waals surface area contributed by atoms with Gasteiger partial charge in [0.05, 0.1) is 20.6 Å². The summed E-state index contributed by atoms with van der Waals surface area (Å²) >= 11 is 2.89. The van der Waals surface area contributed by atoms with Crippen molar-refractivity contribution in [1.82, 2.24) is 20.4 Å². The van der Waals surface area contributed by atoms with Crippen LogP contribution in [0.3, 0.4) is 0 Å². The number of hydrogen-bond acceptors (Lipinski definition) is 11. The van der Waals surface area contributed by atoms with Crippen LogP contribution in [0.4, 0.5) is 10.3 Å². The number of carbonyl (C=O) groups is 1. The number of amides is 1. The van der Waals surface area contributed by atoms with Crippen molar-refractivity contribution in [2.75, 3.05) is 24.9 Å². The Hall–Kier alpha value is -3.79. The van der Waals surface area contributed by atoms with Gasteiger partial charge in [0.25, 0.3) is 0 Å². The van der Waals surface area contributed by atoms with Gasteiger partial charge in [0.15, 0.2) is 0 Å². The third kappa shape index (κ3) is 7.24. The maximum Gasteiger partial charge on any atom is 0.231 e. The van der Waals surface area contributed by atoms with Crippen molar-refractivity contribution < 1.29 is 19.4 Å². The Morgan fingerprint density at radius 3 is 2.52 bits per heavy atom. The summed E-state index contributed by atoms with van der Waals surface area (Å²) in [6, 6.07) is 16.8. The molecule has 1 fully saturated rings. The zero-order valence-electron chi connectivity index (χ0n) is 22.2. The zero-order chi connectivity index (χ0) is 27.9. The van der Waals surface area contributed by atoms with Crippen LogP contribution in [0.15, 0.2) is 36.4 Å². The van der Waals surface area contributed by atoms with E-state index in [1.165, 1.54) is 22.7 Å². The van der Waals surface area contributed by atoms with Gasteiger partial charge in [0.2, 0.25) is 16.2 Å². The molecule has 1 aliphatic rings. The highest BCUT2D eigenvalue weighted by molar-refractivity contribution is 7.15. The predicted molar refractivity (Wildman–Crippen MR) is 153 cm³/mol. The summed E-state index contributed by atoms with van der Waals surface area (Å²) < 4.78 is 10.4. The number of nitrogens with zero attached hydrogens (tertiary/aromatic N) is 4. The molecular formula is C28H30N6O4S2. The molecule has 1 aliphatic carbocycles. The minimum absolute atomic E-state index is 0.149. The van der Waals surface area contributed by atoms with E-state index >= 15 is 0 Å². The van der Waals surface area contributed by atoms with Crippen molar-refractivity contribution in [1.29, 1.82) is 0 Å². The first-order valence-corrected chi connectivity index (χ1v) is 14.6. The molecule has 0 spiro atoms. The molecule has 208 valence electrons. The Bertz CT molecular complexity index is 1430. The zero-order valence-corrected chi connectivity index (χ0v) is 23.8. The first-order valence-electron chi connectivity index (χ1n) is 13.0. The molecule has 40 heavy (non-hydrogen) atoms. The van der Waals surface area contributed by atoms with E-state index < -0.39 is 6.23 Å². The van der Waals surface area contributed by atoms with Gasteiger partial charge in [-0.25, -0.2) is 0 Å².